The molecule has 0 radical (unpaired) electrons. The molecule has 2 atom stereocenters. The molecule has 4 heterocycles. The summed E-state index contributed by atoms with van der Waals surface area (Å²) in [6, 6.07) is 17.1. The molecule has 1 aromatic heterocycles. The number of piperazine rings is 1. The van der Waals surface area contributed by atoms with E-state index in [0.29, 0.717) is 31.1 Å². The van der Waals surface area contributed by atoms with E-state index in [1.54, 1.807) is 0 Å². The number of likely N-dealkylation sites (tertiary alicyclic amines) is 1. The summed E-state index contributed by atoms with van der Waals surface area (Å²) in [6.45, 7) is 12.6. The molecule has 0 aliphatic carbocycles. The normalized spacial score (nSPS) is 21.9. The fourth-order valence-corrected chi connectivity index (χ4v) is 7.08. The van der Waals surface area contributed by atoms with Crippen molar-refractivity contribution in [3.8, 4) is 12.1 Å². The average molecular weight is 554 g/mol. The van der Waals surface area contributed by atoms with E-state index in [2.05, 4.69) is 89.9 Å². The van der Waals surface area contributed by atoms with E-state index in [1.807, 2.05) is 0 Å². The van der Waals surface area contributed by atoms with Gasteiger partial charge in [0.1, 0.15) is 12.4 Å². The van der Waals surface area contributed by atoms with Crippen LogP contribution in [0.15, 0.2) is 36.4 Å². The number of nitrogens with zero attached hydrogens (tertiary/aromatic N) is 7. The molecular formula is C33H43N7O. The maximum Gasteiger partial charge on any atom is 0.318 e. The lowest BCUT2D eigenvalue weighted by Crippen LogP contribution is -2.55. The first-order chi connectivity index (χ1) is 19.9. The van der Waals surface area contributed by atoms with Gasteiger partial charge in [0, 0.05) is 60.9 Å². The maximum atomic E-state index is 9.59. The van der Waals surface area contributed by atoms with Gasteiger partial charge in [0.2, 0.25) is 0 Å². The Morgan fingerprint density at radius 3 is 2.61 bits per heavy atom. The molecule has 2 fully saturated rings. The summed E-state index contributed by atoms with van der Waals surface area (Å²) in [5.41, 5.74) is 4.85. The number of anilines is 2. The Morgan fingerprint density at radius 1 is 1.02 bits per heavy atom. The number of fused-ring (bicyclic) bond motifs is 2. The standard InChI is InChI=1S/C33H43N7O/c1-23(2)40-19-18-39(20-26(40)13-15-34)32-28-14-17-38(30-12-6-10-25-9-5-8-24(3)31(25)30)21-29(28)35-33(36-32)41-22-27-11-7-16-37(27)4/h5-6,8-10,12,23,26-27H,7,11,13-14,16-22H2,1-4H3. The molecule has 3 aliphatic heterocycles. The van der Waals surface area contributed by atoms with Crippen LogP contribution in [0.5, 0.6) is 6.01 Å². The Bertz CT molecular complexity index is 1430. The van der Waals surface area contributed by atoms with Gasteiger partial charge in [-0.3, -0.25) is 4.90 Å². The minimum atomic E-state index is 0.189. The second-order valence-electron chi connectivity index (χ2n) is 12.3. The monoisotopic (exact) mass is 553 g/mol. The summed E-state index contributed by atoms with van der Waals surface area (Å²) in [5.74, 6) is 1.00. The van der Waals surface area contributed by atoms with Crippen LogP contribution in [0.3, 0.4) is 0 Å². The molecule has 2 saturated heterocycles. The number of hydrogen-bond donors (Lipinski definition) is 0. The largest absolute Gasteiger partial charge is 0.462 e. The van der Waals surface area contributed by atoms with E-state index in [-0.39, 0.29) is 6.04 Å². The van der Waals surface area contributed by atoms with Crippen LogP contribution in [0.25, 0.3) is 10.8 Å². The topological polar surface area (TPSA) is 71.8 Å². The van der Waals surface area contributed by atoms with Crippen molar-refractivity contribution in [1.82, 2.24) is 19.8 Å². The number of aryl methyl sites for hydroxylation is 1. The summed E-state index contributed by atoms with van der Waals surface area (Å²) in [5, 5.41) is 12.2. The van der Waals surface area contributed by atoms with Gasteiger partial charge in [-0.05, 0) is 70.6 Å². The zero-order chi connectivity index (χ0) is 28.5. The van der Waals surface area contributed by atoms with Gasteiger partial charge in [-0.1, -0.05) is 30.3 Å². The van der Waals surface area contributed by atoms with Crippen molar-refractivity contribution in [2.45, 2.75) is 71.1 Å². The molecule has 41 heavy (non-hydrogen) atoms. The molecule has 0 amide bonds. The van der Waals surface area contributed by atoms with Gasteiger partial charge in [-0.15, -0.1) is 0 Å². The molecule has 8 heteroatoms. The highest BCUT2D eigenvalue weighted by atomic mass is 16.5. The number of benzene rings is 2. The van der Waals surface area contributed by atoms with E-state index in [4.69, 9.17) is 14.7 Å². The van der Waals surface area contributed by atoms with E-state index in [0.717, 1.165) is 63.6 Å². The molecule has 216 valence electrons. The zero-order valence-corrected chi connectivity index (χ0v) is 25.0. The van der Waals surface area contributed by atoms with Gasteiger partial charge < -0.3 is 19.4 Å². The maximum absolute atomic E-state index is 9.59. The fraction of sp³-hybridized carbons (Fsp3) is 0.545. The minimum Gasteiger partial charge on any atom is -0.462 e. The number of aromatic nitrogens is 2. The van der Waals surface area contributed by atoms with Crippen LogP contribution in [-0.2, 0) is 13.0 Å². The van der Waals surface area contributed by atoms with E-state index < -0.39 is 0 Å². The van der Waals surface area contributed by atoms with Gasteiger partial charge in [0.25, 0.3) is 0 Å². The second-order valence-corrected chi connectivity index (χ2v) is 12.3. The van der Waals surface area contributed by atoms with Gasteiger partial charge in [-0.25, -0.2) is 0 Å². The average Bonchev–Trinajstić information content (AvgIpc) is 3.39. The fourth-order valence-electron chi connectivity index (χ4n) is 7.08. The summed E-state index contributed by atoms with van der Waals surface area (Å²) in [6.07, 6.45) is 3.76. The Kier molecular flexibility index (Phi) is 8.01. The van der Waals surface area contributed by atoms with Crippen molar-refractivity contribution in [3.05, 3.63) is 53.2 Å². The molecule has 0 bridgehead atoms. The zero-order valence-electron chi connectivity index (χ0n) is 25.0. The highest BCUT2D eigenvalue weighted by Crippen LogP contribution is 2.36. The molecule has 6 rings (SSSR count). The molecule has 3 aromatic rings. The van der Waals surface area contributed by atoms with Crippen molar-refractivity contribution in [1.29, 1.82) is 5.26 Å². The summed E-state index contributed by atoms with van der Waals surface area (Å²) < 4.78 is 6.35. The minimum absolute atomic E-state index is 0.189. The van der Waals surface area contributed by atoms with E-state index in [1.165, 1.54) is 34.0 Å². The van der Waals surface area contributed by atoms with E-state index in [9.17, 15) is 5.26 Å². The van der Waals surface area contributed by atoms with Crippen LogP contribution in [-0.4, -0.2) is 84.3 Å². The van der Waals surface area contributed by atoms with Crippen LogP contribution >= 0.6 is 0 Å². The summed E-state index contributed by atoms with van der Waals surface area (Å²) >= 11 is 0. The first-order valence-electron chi connectivity index (χ1n) is 15.3. The quantitative estimate of drug-likeness (QED) is 0.414. The predicted octanol–water partition coefficient (Wildman–Crippen LogP) is 4.79. The smallest absolute Gasteiger partial charge is 0.318 e. The second kappa shape index (κ2) is 11.8. The van der Waals surface area contributed by atoms with Crippen LogP contribution < -0.4 is 14.5 Å². The van der Waals surface area contributed by atoms with Gasteiger partial charge in [-0.2, -0.15) is 15.2 Å². The number of rotatable bonds is 7. The Morgan fingerprint density at radius 2 is 1.85 bits per heavy atom. The van der Waals surface area contributed by atoms with Crippen molar-refractivity contribution in [2.24, 2.45) is 0 Å². The third kappa shape index (κ3) is 5.58. The number of ether oxygens (including phenoxy) is 1. The third-order valence-corrected chi connectivity index (χ3v) is 9.35. The van der Waals surface area contributed by atoms with Gasteiger partial charge in [0.15, 0.2) is 0 Å². The molecule has 0 saturated carbocycles. The van der Waals surface area contributed by atoms with E-state index >= 15 is 0 Å². The molecule has 2 aromatic carbocycles. The van der Waals surface area contributed by atoms with Gasteiger partial charge >= 0.3 is 6.01 Å². The van der Waals surface area contributed by atoms with Crippen LogP contribution in [0.2, 0.25) is 0 Å². The lowest BCUT2D eigenvalue weighted by atomic mass is 9.99. The van der Waals surface area contributed by atoms with Crippen molar-refractivity contribution >= 4 is 22.3 Å². The summed E-state index contributed by atoms with van der Waals surface area (Å²) in [4.78, 5) is 19.8. The molecule has 8 nitrogen and oxygen atoms in total. The van der Waals surface area contributed by atoms with Crippen molar-refractivity contribution in [2.75, 3.05) is 56.2 Å². The predicted molar refractivity (Wildman–Crippen MR) is 165 cm³/mol. The third-order valence-electron chi connectivity index (χ3n) is 9.35. The molecular weight excluding hydrogens is 510 g/mol. The summed E-state index contributed by atoms with van der Waals surface area (Å²) in [7, 11) is 2.17. The number of nitriles is 1. The first-order valence-corrected chi connectivity index (χ1v) is 15.3. The molecule has 3 aliphatic rings. The first kappa shape index (κ1) is 27.7. The Labute approximate surface area is 244 Å². The SMILES string of the molecule is Cc1cccc2cccc(N3CCc4c(nc(OCC5CCCN5C)nc4N4CCN(C(C)C)C(CC#N)C4)C3)c12. The van der Waals surface area contributed by atoms with Crippen LogP contribution in [0.1, 0.15) is 49.9 Å². The Hall–Kier alpha value is -3.41. The molecule has 2 unspecified atom stereocenters. The van der Waals surface area contributed by atoms with Gasteiger partial charge in [0.05, 0.1) is 24.7 Å². The van der Waals surface area contributed by atoms with Crippen molar-refractivity contribution < 1.29 is 4.74 Å². The molecule has 0 spiro atoms. The number of hydrogen-bond acceptors (Lipinski definition) is 8. The highest BCUT2D eigenvalue weighted by molar-refractivity contribution is 5.97. The number of likely N-dealkylation sites (N-methyl/N-ethyl adjacent to an activating group) is 1. The van der Waals surface area contributed by atoms with Crippen LogP contribution in [0, 0.1) is 18.3 Å². The van der Waals surface area contributed by atoms with Crippen LogP contribution in [0.4, 0.5) is 11.5 Å². The Balaban J connectivity index is 1.34. The lowest BCUT2D eigenvalue weighted by Gasteiger charge is -2.44. The van der Waals surface area contributed by atoms with Crippen molar-refractivity contribution in [3.63, 3.8) is 0 Å². The lowest BCUT2D eigenvalue weighted by molar-refractivity contribution is 0.138. The highest BCUT2D eigenvalue weighted by Gasteiger charge is 2.33. The molecule has 0 N–H and O–H groups in total.